The molecule has 188 valence electrons. The Morgan fingerprint density at radius 3 is 2.06 bits per heavy atom. The van der Waals surface area contributed by atoms with Gasteiger partial charge in [0.15, 0.2) is 5.96 Å². The first kappa shape index (κ1) is 29.9. The van der Waals surface area contributed by atoms with Crippen molar-refractivity contribution >= 4 is 47.4 Å². The minimum atomic E-state index is -1.70. The molecule has 0 aliphatic heterocycles. The third-order valence-corrected chi connectivity index (χ3v) is 4.94. The number of nitrogens with zero attached hydrogens (tertiary/aromatic N) is 1. The first-order valence-electron chi connectivity index (χ1n) is 10.0. The maximum absolute atomic E-state index is 12.6. The predicted octanol–water partition coefficient (Wildman–Crippen LogP) is -2.85. The number of carboxylic acids is 2. The highest BCUT2D eigenvalue weighted by Crippen LogP contribution is 2.03. The van der Waals surface area contributed by atoms with Crippen molar-refractivity contribution < 1.29 is 34.2 Å². The van der Waals surface area contributed by atoms with Crippen LogP contribution in [-0.2, 0) is 24.0 Å². The quantitative estimate of drug-likeness (QED) is 0.0619. The summed E-state index contributed by atoms with van der Waals surface area (Å²) in [5, 5.41) is 25.0. The number of carbonyl (C=O) groups excluding carboxylic acids is 3. The van der Waals surface area contributed by atoms with Gasteiger partial charge in [0.05, 0.1) is 12.5 Å². The van der Waals surface area contributed by atoms with Crippen molar-refractivity contribution in [3.8, 4) is 0 Å². The van der Waals surface area contributed by atoms with Crippen LogP contribution >= 0.6 is 11.8 Å². The second-order valence-electron chi connectivity index (χ2n) is 7.13. The summed E-state index contributed by atoms with van der Waals surface area (Å²) in [6, 6.07) is -4.77. The number of hydrogen-bond acceptors (Lipinski definition) is 8. The number of hydrogen-bond donors (Lipinski definition) is 8. The highest BCUT2D eigenvalue weighted by Gasteiger charge is 2.29. The van der Waals surface area contributed by atoms with Crippen molar-refractivity contribution in [2.24, 2.45) is 22.2 Å². The van der Waals surface area contributed by atoms with E-state index in [0.29, 0.717) is 12.2 Å². The zero-order valence-electron chi connectivity index (χ0n) is 18.6. The van der Waals surface area contributed by atoms with Crippen molar-refractivity contribution in [2.45, 2.75) is 56.8 Å². The van der Waals surface area contributed by atoms with Crippen molar-refractivity contribution in [3.05, 3.63) is 0 Å². The van der Waals surface area contributed by atoms with E-state index in [9.17, 15) is 24.0 Å². The number of amides is 3. The van der Waals surface area contributed by atoms with Crippen LogP contribution in [0.5, 0.6) is 0 Å². The zero-order valence-corrected chi connectivity index (χ0v) is 19.4. The second kappa shape index (κ2) is 15.7. The Hall–Kier alpha value is -3.07. The maximum Gasteiger partial charge on any atom is 0.326 e. The summed E-state index contributed by atoms with van der Waals surface area (Å²) in [5.74, 6) is -4.63. The van der Waals surface area contributed by atoms with Gasteiger partial charge in [0.1, 0.15) is 18.1 Å². The number of carboxylic acid groups (broad SMARTS) is 2. The molecule has 0 aromatic rings. The van der Waals surface area contributed by atoms with E-state index in [4.69, 9.17) is 27.4 Å². The monoisotopic (exact) mass is 491 g/mol. The molecule has 0 radical (unpaired) electrons. The maximum atomic E-state index is 12.6. The molecule has 4 unspecified atom stereocenters. The van der Waals surface area contributed by atoms with Crippen LogP contribution in [0, 0.1) is 0 Å². The molecule has 4 atom stereocenters. The minimum Gasteiger partial charge on any atom is -0.481 e. The summed E-state index contributed by atoms with van der Waals surface area (Å²) in [6.07, 6.45) is 1.69. The smallest absolute Gasteiger partial charge is 0.326 e. The van der Waals surface area contributed by atoms with E-state index in [1.807, 2.05) is 6.26 Å². The number of thioether (sulfide) groups is 1. The van der Waals surface area contributed by atoms with Crippen LogP contribution in [0.2, 0.25) is 0 Å². The molecule has 0 heterocycles. The van der Waals surface area contributed by atoms with Crippen molar-refractivity contribution in [3.63, 3.8) is 0 Å². The molecule has 33 heavy (non-hydrogen) atoms. The molecule has 0 aliphatic rings. The van der Waals surface area contributed by atoms with Gasteiger partial charge in [-0.05, 0) is 38.2 Å². The molecule has 0 bridgehead atoms. The number of aliphatic carboxylic acids is 2. The van der Waals surface area contributed by atoms with Gasteiger partial charge in [-0.25, -0.2) is 4.79 Å². The molecule has 0 aromatic carbocycles. The summed E-state index contributed by atoms with van der Waals surface area (Å²) in [6.45, 7) is 1.53. The molecule has 0 spiro atoms. The number of carbonyl (C=O) groups is 5. The highest BCUT2D eigenvalue weighted by molar-refractivity contribution is 7.98. The zero-order chi connectivity index (χ0) is 25.6. The fourth-order valence-corrected chi connectivity index (χ4v) is 2.97. The molecule has 3 amide bonds. The Bertz CT molecular complexity index is 731. The molecule has 14 nitrogen and oxygen atoms in total. The van der Waals surface area contributed by atoms with Crippen LogP contribution in [-0.4, -0.2) is 88.6 Å². The van der Waals surface area contributed by atoms with Crippen LogP contribution < -0.4 is 33.2 Å². The molecule has 0 saturated heterocycles. The van der Waals surface area contributed by atoms with E-state index in [2.05, 4.69) is 20.9 Å². The fourth-order valence-electron chi connectivity index (χ4n) is 2.48. The van der Waals surface area contributed by atoms with Crippen LogP contribution in [0.1, 0.15) is 32.6 Å². The molecule has 15 heteroatoms. The third kappa shape index (κ3) is 13.2. The number of aliphatic imine (C=N–C) groups is 1. The van der Waals surface area contributed by atoms with E-state index in [1.54, 1.807) is 0 Å². The number of nitrogens with one attached hydrogen (secondary N) is 3. The van der Waals surface area contributed by atoms with E-state index < -0.39 is 60.2 Å². The van der Waals surface area contributed by atoms with Crippen molar-refractivity contribution in [2.75, 3.05) is 18.6 Å². The highest BCUT2D eigenvalue weighted by atomic mass is 32.2. The molecule has 0 fully saturated rings. The molecule has 0 aromatic heterocycles. The molecule has 0 aliphatic carbocycles. The van der Waals surface area contributed by atoms with Crippen LogP contribution in [0.15, 0.2) is 4.99 Å². The molecule has 0 saturated carbocycles. The Morgan fingerprint density at radius 2 is 1.55 bits per heavy atom. The molecule has 11 N–H and O–H groups in total. The van der Waals surface area contributed by atoms with Gasteiger partial charge in [0.2, 0.25) is 17.7 Å². The average Bonchev–Trinajstić information content (AvgIpc) is 2.72. The average molecular weight is 492 g/mol. The summed E-state index contributed by atoms with van der Waals surface area (Å²) in [5.41, 5.74) is 16.3. The Morgan fingerprint density at radius 1 is 0.939 bits per heavy atom. The van der Waals surface area contributed by atoms with E-state index in [-0.39, 0.29) is 25.3 Å². The van der Waals surface area contributed by atoms with Crippen molar-refractivity contribution in [1.82, 2.24) is 16.0 Å². The Balaban J connectivity index is 5.22. The second-order valence-corrected chi connectivity index (χ2v) is 8.11. The van der Waals surface area contributed by atoms with Crippen LogP contribution in [0.4, 0.5) is 0 Å². The third-order valence-electron chi connectivity index (χ3n) is 4.29. The van der Waals surface area contributed by atoms with Gasteiger partial charge < -0.3 is 43.4 Å². The Kier molecular flexibility index (Phi) is 14.2. The topological polar surface area (TPSA) is 252 Å². The lowest BCUT2D eigenvalue weighted by molar-refractivity contribution is -0.147. The molecular weight excluding hydrogens is 458 g/mol. The van der Waals surface area contributed by atoms with Gasteiger partial charge in [-0.1, -0.05) is 0 Å². The SMILES string of the molecule is CSCCC(N)C(=O)NC(C)C(=O)NC(CCCN=C(N)N)C(=O)NC(CC(=O)O)C(=O)O. The van der Waals surface area contributed by atoms with Crippen LogP contribution in [0.25, 0.3) is 0 Å². The van der Waals surface area contributed by atoms with Gasteiger partial charge in [0, 0.05) is 6.54 Å². The summed E-state index contributed by atoms with van der Waals surface area (Å²) in [7, 11) is 0. The van der Waals surface area contributed by atoms with E-state index in [0.717, 1.165) is 0 Å². The van der Waals surface area contributed by atoms with Gasteiger partial charge in [-0.3, -0.25) is 24.2 Å². The molecule has 0 rings (SSSR count). The van der Waals surface area contributed by atoms with E-state index >= 15 is 0 Å². The summed E-state index contributed by atoms with van der Waals surface area (Å²) < 4.78 is 0. The standard InChI is InChI=1S/C18H33N7O7S/c1-9(23-15(29)10(19)5-7-33-2)14(28)24-11(4-3-6-22-18(20)21)16(30)25-12(17(31)32)8-13(26)27/h9-12H,3-8,19H2,1-2H3,(H,23,29)(H,24,28)(H,25,30)(H,26,27)(H,31,32)(H4,20,21,22). The van der Waals surface area contributed by atoms with E-state index in [1.165, 1.54) is 18.7 Å². The van der Waals surface area contributed by atoms with Crippen LogP contribution in [0.3, 0.4) is 0 Å². The first-order chi connectivity index (χ1) is 15.4. The first-order valence-corrected chi connectivity index (χ1v) is 11.4. The van der Waals surface area contributed by atoms with Gasteiger partial charge >= 0.3 is 11.9 Å². The van der Waals surface area contributed by atoms with Gasteiger partial charge in [0.25, 0.3) is 0 Å². The summed E-state index contributed by atoms with van der Waals surface area (Å²) >= 11 is 1.52. The number of nitrogens with two attached hydrogens (primary N) is 3. The lowest BCUT2D eigenvalue weighted by Gasteiger charge is -2.23. The minimum absolute atomic E-state index is 0.0155. The molecular formula is C18H33N7O7S. The van der Waals surface area contributed by atoms with Crippen molar-refractivity contribution in [1.29, 1.82) is 0 Å². The predicted molar refractivity (Wildman–Crippen MR) is 122 cm³/mol. The largest absolute Gasteiger partial charge is 0.481 e. The normalized spacial score (nSPS) is 14.2. The Labute approximate surface area is 195 Å². The van der Waals surface area contributed by atoms with Gasteiger partial charge in [-0.2, -0.15) is 11.8 Å². The lowest BCUT2D eigenvalue weighted by atomic mass is 10.1. The fraction of sp³-hybridized carbons (Fsp3) is 0.667. The summed E-state index contributed by atoms with van der Waals surface area (Å²) in [4.78, 5) is 63.1. The lowest BCUT2D eigenvalue weighted by Crippen LogP contribution is -2.56. The van der Waals surface area contributed by atoms with Gasteiger partial charge in [-0.15, -0.1) is 0 Å². The number of guanidine groups is 1. The number of rotatable bonds is 16.